The summed E-state index contributed by atoms with van der Waals surface area (Å²) in [6.07, 6.45) is 5.11. The van der Waals surface area contributed by atoms with Gasteiger partial charge in [-0.2, -0.15) is 0 Å². The molecule has 2 heterocycles. The van der Waals surface area contributed by atoms with E-state index in [1.165, 1.54) is 25.6 Å². The van der Waals surface area contributed by atoms with E-state index in [2.05, 4.69) is 24.9 Å². The van der Waals surface area contributed by atoms with Gasteiger partial charge in [0.1, 0.15) is 18.0 Å². The van der Waals surface area contributed by atoms with Crippen LogP contribution in [0.15, 0.2) is 17.5 Å². The normalized spacial score (nSPS) is 15.9. The molecule has 1 saturated heterocycles. The molecule has 1 aromatic heterocycles. The van der Waals surface area contributed by atoms with Crippen LogP contribution in [-0.2, 0) is 0 Å². The highest BCUT2D eigenvalue weighted by molar-refractivity contribution is 5.45. The Morgan fingerprint density at radius 3 is 2.80 bits per heavy atom. The molecule has 0 saturated carbocycles. The lowest BCUT2D eigenvalue weighted by atomic mass is 10.1. The predicted molar refractivity (Wildman–Crippen MR) is 56.9 cm³/mol. The fraction of sp³-hybridized carbons (Fsp3) is 0.556. The van der Waals surface area contributed by atoms with Crippen LogP contribution in [0.25, 0.3) is 10.4 Å². The first-order valence-electron chi connectivity index (χ1n) is 5.02. The zero-order valence-electron chi connectivity index (χ0n) is 8.37. The molecule has 1 aromatic rings. The number of hydrogen-bond acceptors (Lipinski definition) is 4. The van der Waals surface area contributed by atoms with Crippen molar-refractivity contribution in [2.45, 2.75) is 19.3 Å². The van der Waals surface area contributed by atoms with E-state index in [9.17, 15) is 0 Å². The first-order chi connectivity index (χ1) is 7.40. The average molecular weight is 204 g/mol. The number of nitrogens with zero attached hydrogens (tertiary/aromatic N) is 6. The Hall–Kier alpha value is -1.81. The van der Waals surface area contributed by atoms with Crippen molar-refractivity contribution >= 4 is 11.6 Å². The van der Waals surface area contributed by atoms with E-state index >= 15 is 0 Å². The zero-order chi connectivity index (χ0) is 10.5. The number of piperidine rings is 1. The largest absolute Gasteiger partial charge is 0.357 e. The molecule has 1 fully saturated rings. The maximum absolute atomic E-state index is 8.31. The third-order valence-electron chi connectivity index (χ3n) is 2.47. The third kappa shape index (κ3) is 2.35. The first kappa shape index (κ1) is 9.73. The summed E-state index contributed by atoms with van der Waals surface area (Å²) in [6.45, 7) is 2.04. The minimum atomic E-state index is 0.382. The Balaban J connectivity index is 2.19. The van der Waals surface area contributed by atoms with E-state index in [0.29, 0.717) is 5.82 Å². The number of aromatic nitrogens is 2. The minimum Gasteiger partial charge on any atom is -0.357 e. The van der Waals surface area contributed by atoms with Crippen LogP contribution >= 0.6 is 0 Å². The van der Waals surface area contributed by atoms with Gasteiger partial charge >= 0.3 is 0 Å². The van der Waals surface area contributed by atoms with Crippen LogP contribution in [-0.4, -0.2) is 23.1 Å². The highest BCUT2D eigenvalue weighted by atomic mass is 15.2. The summed E-state index contributed by atoms with van der Waals surface area (Å²) in [4.78, 5) is 12.9. The fourth-order valence-electron chi connectivity index (χ4n) is 1.73. The first-order valence-corrected chi connectivity index (χ1v) is 5.02. The zero-order valence-corrected chi connectivity index (χ0v) is 8.37. The molecule has 6 heteroatoms. The molecule has 0 atom stereocenters. The van der Waals surface area contributed by atoms with Crippen molar-refractivity contribution in [3.63, 3.8) is 0 Å². The minimum absolute atomic E-state index is 0.382. The van der Waals surface area contributed by atoms with Crippen LogP contribution in [0.2, 0.25) is 0 Å². The van der Waals surface area contributed by atoms with Crippen LogP contribution < -0.4 is 4.90 Å². The van der Waals surface area contributed by atoms with Crippen LogP contribution in [0.5, 0.6) is 0 Å². The molecule has 15 heavy (non-hydrogen) atoms. The van der Waals surface area contributed by atoms with Crippen molar-refractivity contribution < 1.29 is 0 Å². The summed E-state index contributed by atoms with van der Waals surface area (Å²) in [5.74, 6) is 1.24. The van der Waals surface area contributed by atoms with E-state index in [-0.39, 0.29) is 0 Å². The van der Waals surface area contributed by atoms with Crippen molar-refractivity contribution in [3.05, 3.63) is 22.8 Å². The molecule has 1 aliphatic heterocycles. The molecule has 0 spiro atoms. The summed E-state index contributed by atoms with van der Waals surface area (Å²) >= 11 is 0. The van der Waals surface area contributed by atoms with Crippen molar-refractivity contribution in [2.75, 3.05) is 18.0 Å². The van der Waals surface area contributed by atoms with Crippen molar-refractivity contribution in [1.82, 2.24) is 9.97 Å². The highest BCUT2D eigenvalue weighted by Gasteiger charge is 2.12. The van der Waals surface area contributed by atoms with Crippen LogP contribution in [0.1, 0.15) is 19.3 Å². The topological polar surface area (TPSA) is 77.8 Å². The number of azide groups is 1. The summed E-state index contributed by atoms with van der Waals surface area (Å²) < 4.78 is 0. The van der Waals surface area contributed by atoms with E-state index in [0.717, 1.165) is 18.9 Å². The average Bonchev–Trinajstić information content (AvgIpc) is 2.31. The van der Waals surface area contributed by atoms with Crippen molar-refractivity contribution in [1.29, 1.82) is 0 Å². The molecular weight excluding hydrogens is 192 g/mol. The summed E-state index contributed by atoms with van der Waals surface area (Å²) in [6, 6.07) is 1.73. The van der Waals surface area contributed by atoms with Crippen molar-refractivity contribution in [2.24, 2.45) is 5.11 Å². The Kier molecular flexibility index (Phi) is 2.99. The summed E-state index contributed by atoms with van der Waals surface area (Å²) in [5.41, 5.74) is 8.31. The molecule has 0 aliphatic carbocycles. The predicted octanol–water partition coefficient (Wildman–Crippen LogP) is 2.41. The van der Waals surface area contributed by atoms with Crippen LogP contribution in [0.3, 0.4) is 0 Å². The van der Waals surface area contributed by atoms with Gasteiger partial charge in [0.15, 0.2) is 0 Å². The smallest absolute Gasteiger partial charge is 0.132 e. The van der Waals surface area contributed by atoms with Gasteiger partial charge in [0.2, 0.25) is 0 Å². The van der Waals surface area contributed by atoms with Gasteiger partial charge in [-0.05, 0) is 29.9 Å². The Labute approximate surface area is 87.6 Å². The molecule has 1 aliphatic rings. The molecule has 0 N–H and O–H groups in total. The quantitative estimate of drug-likeness (QED) is 0.421. The van der Waals surface area contributed by atoms with Crippen LogP contribution in [0.4, 0.5) is 11.6 Å². The molecule has 2 rings (SSSR count). The molecule has 0 bridgehead atoms. The van der Waals surface area contributed by atoms with Gasteiger partial charge in [0.25, 0.3) is 0 Å². The lowest BCUT2D eigenvalue weighted by Gasteiger charge is -2.27. The van der Waals surface area contributed by atoms with Gasteiger partial charge in [-0.1, -0.05) is 0 Å². The third-order valence-corrected chi connectivity index (χ3v) is 2.47. The maximum Gasteiger partial charge on any atom is 0.132 e. The van der Waals surface area contributed by atoms with Gasteiger partial charge in [-0.3, -0.25) is 0 Å². The van der Waals surface area contributed by atoms with Gasteiger partial charge in [-0.25, -0.2) is 9.97 Å². The molecule has 0 radical (unpaired) electrons. The second-order valence-electron chi connectivity index (χ2n) is 3.47. The standard InChI is InChI=1S/C9H12N6/c10-14-13-8-6-9(12-7-11-8)15-4-2-1-3-5-15/h6-7H,1-5H2. The number of anilines is 1. The van der Waals surface area contributed by atoms with E-state index in [1.807, 2.05) is 0 Å². The molecule has 0 amide bonds. The molecular formula is C9H12N6. The van der Waals surface area contributed by atoms with Gasteiger partial charge < -0.3 is 4.90 Å². The Morgan fingerprint density at radius 2 is 2.07 bits per heavy atom. The van der Waals surface area contributed by atoms with Crippen molar-refractivity contribution in [3.8, 4) is 0 Å². The Bertz CT molecular complexity index is 378. The van der Waals surface area contributed by atoms with Gasteiger partial charge in [-0.15, -0.1) is 0 Å². The van der Waals surface area contributed by atoms with E-state index < -0.39 is 0 Å². The monoisotopic (exact) mass is 204 g/mol. The van der Waals surface area contributed by atoms with Crippen LogP contribution in [0, 0.1) is 0 Å². The SMILES string of the molecule is [N-]=[N+]=Nc1cc(N2CCCCC2)ncn1. The molecule has 0 unspecified atom stereocenters. The molecule has 0 aromatic carbocycles. The maximum atomic E-state index is 8.31. The van der Waals surface area contributed by atoms with Gasteiger partial charge in [0, 0.05) is 24.1 Å². The molecule has 6 nitrogen and oxygen atoms in total. The molecule has 78 valence electrons. The van der Waals surface area contributed by atoms with E-state index in [1.54, 1.807) is 6.07 Å². The number of rotatable bonds is 2. The highest BCUT2D eigenvalue weighted by Crippen LogP contribution is 2.20. The summed E-state index contributed by atoms with van der Waals surface area (Å²) in [5, 5.41) is 3.46. The second-order valence-corrected chi connectivity index (χ2v) is 3.47. The van der Waals surface area contributed by atoms with Gasteiger partial charge in [0.05, 0.1) is 0 Å². The lowest BCUT2D eigenvalue weighted by Crippen LogP contribution is -2.30. The number of hydrogen-bond donors (Lipinski definition) is 0. The van der Waals surface area contributed by atoms with E-state index in [4.69, 9.17) is 5.53 Å². The Morgan fingerprint density at radius 1 is 1.27 bits per heavy atom. The second kappa shape index (κ2) is 4.61. The summed E-state index contributed by atoms with van der Waals surface area (Å²) in [7, 11) is 0. The lowest BCUT2D eigenvalue weighted by molar-refractivity contribution is 0.573. The fourth-order valence-corrected chi connectivity index (χ4v) is 1.73.